The zero-order chi connectivity index (χ0) is 31.0. The molecule has 0 spiro atoms. The van der Waals surface area contributed by atoms with Crippen molar-refractivity contribution >= 4 is 27.5 Å². The standard InChI is InChI=1S/C32H39N3O7S/c1-23(32(37)33-25-10-8-9-11-25)34(21-24-14-16-26(40-2)17-15-24)31(36)22-35(43(38,39)28-12-6-5-7-13-28)29-20-27(41-3)18-19-30(29)42-4/h5-7,12-20,23,25H,8-11,21-22H2,1-4H3,(H,33,37). The van der Waals surface area contributed by atoms with Crippen LogP contribution >= 0.6 is 0 Å². The molecule has 230 valence electrons. The maximum absolute atomic E-state index is 14.2. The summed E-state index contributed by atoms with van der Waals surface area (Å²) in [4.78, 5) is 29.0. The molecule has 1 aliphatic carbocycles. The second kappa shape index (κ2) is 14.3. The predicted octanol–water partition coefficient (Wildman–Crippen LogP) is 4.38. The molecule has 11 heteroatoms. The van der Waals surface area contributed by atoms with E-state index in [0.29, 0.717) is 11.5 Å². The highest BCUT2D eigenvalue weighted by Gasteiger charge is 2.34. The molecular formula is C32H39N3O7S. The monoisotopic (exact) mass is 609 g/mol. The van der Waals surface area contributed by atoms with Gasteiger partial charge in [0, 0.05) is 18.7 Å². The van der Waals surface area contributed by atoms with E-state index in [0.717, 1.165) is 35.6 Å². The maximum atomic E-state index is 14.2. The van der Waals surface area contributed by atoms with Crippen molar-refractivity contribution in [3.8, 4) is 17.2 Å². The Morgan fingerprint density at radius 2 is 1.51 bits per heavy atom. The quantitative estimate of drug-likeness (QED) is 0.306. The van der Waals surface area contributed by atoms with Crippen molar-refractivity contribution in [2.75, 3.05) is 32.2 Å². The van der Waals surface area contributed by atoms with Gasteiger partial charge in [0.2, 0.25) is 11.8 Å². The second-order valence-electron chi connectivity index (χ2n) is 10.4. The summed E-state index contributed by atoms with van der Waals surface area (Å²) in [6.07, 6.45) is 3.87. The number of sulfonamides is 1. The summed E-state index contributed by atoms with van der Waals surface area (Å²) in [5, 5.41) is 3.07. The Morgan fingerprint density at radius 3 is 2.12 bits per heavy atom. The molecule has 3 aromatic rings. The fraction of sp³-hybridized carbons (Fsp3) is 0.375. The van der Waals surface area contributed by atoms with E-state index in [2.05, 4.69) is 5.32 Å². The molecule has 43 heavy (non-hydrogen) atoms. The second-order valence-corrected chi connectivity index (χ2v) is 12.3. The van der Waals surface area contributed by atoms with Gasteiger partial charge in [-0.25, -0.2) is 8.42 Å². The van der Waals surface area contributed by atoms with E-state index in [4.69, 9.17) is 14.2 Å². The number of ether oxygens (including phenoxy) is 3. The minimum absolute atomic E-state index is 0.00130. The van der Waals surface area contributed by atoms with E-state index < -0.39 is 28.5 Å². The average molecular weight is 610 g/mol. The summed E-state index contributed by atoms with van der Waals surface area (Å²) >= 11 is 0. The van der Waals surface area contributed by atoms with Crippen LogP contribution in [0.3, 0.4) is 0 Å². The SMILES string of the molecule is COc1ccc(CN(C(=O)CN(c2cc(OC)ccc2OC)S(=O)(=O)c2ccccc2)C(C)C(=O)NC2CCCC2)cc1. The van der Waals surface area contributed by atoms with Crippen molar-refractivity contribution in [2.24, 2.45) is 0 Å². The number of nitrogens with zero attached hydrogens (tertiary/aromatic N) is 2. The summed E-state index contributed by atoms with van der Waals surface area (Å²) in [7, 11) is 0.200. The molecule has 0 saturated heterocycles. The van der Waals surface area contributed by atoms with Crippen molar-refractivity contribution in [3.63, 3.8) is 0 Å². The van der Waals surface area contributed by atoms with Crippen LogP contribution < -0.4 is 23.8 Å². The zero-order valence-corrected chi connectivity index (χ0v) is 25.8. The Bertz CT molecular complexity index is 1490. The molecule has 0 aromatic heterocycles. The highest BCUT2D eigenvalue weighted by atomic mass is 32.2. The third-order valence-corrected chi connectivity index (χ3v) is 9.42. The van der Waals surface area contributed by atoms with E-state index in [1.54, 1.807) is 56.5 Å². The number of rotatable bonds is 13. The summed E-state index contributed by atoms with van der Waals surface area (Å²) in [5.74, 6) is 0.427. The minimum Gasteiger partial charge on any atom is -0.497 e. The topological polar surface area (TPSA) is 114 Å². The lowest BCUT2D eigenvalue weighted by Crippen LogP contribution is -2.52. The van der Waals surface area contributed by atoms with Gasteiger partial charge in [-0.3, -0.25) is 13.9 Å². The molecule has 0 bridgehead atoms. The van der Waals surface area contributed by atoms with Gasteiger partial charge in [0.25, 0.3) is 10.0 Å². The van der Waals surface area contributed by atoms with Gasteiger partial charge in [0.15, 0.2) is 0 Å². The number of hydrogen-bond donors (Lipinski definition) is 1. The summed E-state index contributed by atoms with van der Waals surface area (Å²) < 4.78 is 45.3. The molecule has 3 aromatic carbocycles. The molecule has 2 amide bonds. The molecule has 0 radical (unpaired) electrons. The fourth-order valence-corrected chi connectivity index (χ4v) is 6.56. The Labute approximate surface area is 253 Å². The number of hydrogen-bond acceptors (Lipinski definition) is 7. The highest BCUT2D eigenvalue weighted by molar-refractivity contribution is 7.92. The van der Waals surface area contributed by atoms with Crippen molar-refractivity contribution in [3.05, 3.63) is 78.4 Å². The van der Waals surface area contributed by atoms with Crippen LogP contribution in [0.4, 0.5) is 5.69 Å². The number of carbonyl (C=O) groups is 2. The van der Waals surface area contributed by atoms with E-state index in [9.17, 15) is 18.0 Å². The van der Waals surface area contributed by atoms with Crippen molar-refractivity contribution in [2.45, 2.75) is 56.1 Å². The van der Waals surface area contributed by atoms with Crippen LogP contribution in [-0.4, -0.2) is 65.1 Å². The number of nitrogens with one attached hydrogen (secondary N) is 1. The van der Waals surface area contributed by atoms with Gasteiger partial charge < -0.3 is 24.4 Å². The lowest BCUT2D eigenvalue weighted by Gasteiger charge is -2.33. The van der Waals surface area contributed by atoms with Crippen molar-refractivity contribution in [1.29, 1.82) is 0 Å². The number of anilines is 1. The molecule has 10 nitrogen and oxygen atoms in total. The highest BCUT2D eigenvalue weighted by Crippen LogP contribution is 2.36. The van der Waals surface area contributed by atoms with E-state index in [1.807, 2.05) is 12.1 Å². The minimum atomic E-state index is -4.25. The largest absolute Gasteiger partial charge is 0.497 e. The number of amides is 2. The zero-order valence-electron chi connectivity index (χ0n) is 25.0. The molecule has 1 aliphatic rings. The summed E-state index contributed by atoms with van der Waals surface area (Å²) in [6, 6.07) is 19.0. The van der Waals surface area contributed by atoms with Crippen LogP contribution in [0, 0.1) is 0 Å². The van der Waals surface area contributed by atoms with Gasteiger partial charge in [-0.2, -0.15) is 0 Å². The van der Waals surface area contributed by atoms with Gasteiger partial charge >= 0.3 is 0 Å². The van der Waals surface area contributed by atoms with Crippen LogP contribution in [0.5, 0.6) is 17.2 Å². The van der Waals surface area contributed by atoms with Gasteiger partial charge in [-0.05, 0) is 61.7 Å². The lowest BCUT2D eigenvalue weighted by molar-refractivity contribution is -0.139. The fourth-order valence-electron chi connectivity index (χ4n) is 5.13. The first kappa shape index (κ1) is 31.7. The average Bonchev–Trinajstić information content (AvgIpc) is 3.55. The van der Waals surface area contributed by atoms with E-state index in [1.165, 1.54) is 37.3 Å². The predicted molar refractivity (Wildman–Crippen MR) is 164 cm³/mol. The summed E-state index contributed by atoms with van der Waals surface area (Å²) in [5.41, 5.74) is 0.887. The molecule has 4 rings (SSSR count). The molecule has 1 fully saturated rings. The Morgan fingerprint density at radius 1 is 0.884 bits per heavy atom. The first-order valence-electron chi connectivity index (χ1n) is 14.2. The molecule has 1 N–H and O–H groups in total. The first-order chi connectivity index (χ1) is 20.7. The molecule has 0 heterocycles. The van der Waals surface area contributed by atoms with E-state index >= 15 is 0 Å². The number of benzene rings is 3. The number of methoxy groups -OCH3 is 3. The normalized spacial score (nSPS) is 14.0. The van der Waals surface area contributed by atoms with Gasteiger partial charge in [0.1, 0.15) is 29.8 Å². The first-order valence-corrected chi connectivity index (χ1v) is 15.6. The third-order valence-electron chi connectivity index (χ3n) is 7.65. The number of carbonyl (C=O) groups excluding carboxylic acids is 2. The summed E-state index contributed by atoms with van der Waals surface area (Å²) in [6.45, 7) is 1.16. The van der Waals surface area contributed by atoms with Crippen molar-refractivity contribution in [1.82, 2.24) is 10.2 Å². The van der Waals surface area contributed by atoms with Gasteiger partial charge in [-0.1, -0.05) is 43.2 Å². The molecular weight excluding hydrogens is 570 g/mol. The van der Waals surface area contributed by atoms with Crippen LogP contribution in [-0.2, 0) is 26.2 Å². The van der Waals surface area contributed by atoms with Crippen molar-refractivity contribution < 1.29 is 32.2 Å². The Kier molecular flexibility index (Phi) is 10.5. The smallest absolute Gasteiger partial charge is 0.264 e. The van der Waals surface area contributed by atoms with E-state index in [-0.39, 0.29) is 34.8 Å². The molecule has 1 unspecified atom stereocenters. The van der Waals surface area contributed by atoms with Crippen LogP contribution in [0.15, 0.2) is 77.7 Å². The molecule has 1 atom stereocenters. The maximum Gasteiger partial charge on any atom is 0.264 e. The Balaban J connectivity index is 1.74. The Hall–Kier alpha value is -4.25. The molecule has 1 saturated carbocycles. The van der Waals surface area contributed by atoms with Gasteiger partial charge in [0.05, 0.1) is 31.9 Å². The molecule has 0 aliphatic heterocycles. The lowest BCUT2D eigenvalue weighted by atomic mass is 10.1. The van der Waals surface area contributed by atoms with Crippen LogP contribution in [0.25, 0.3) is 0 Å². The van der Waals surface area contributed by atoms with Crippen LogP contribution in [0.1, 0.15) is 38.2 Å². The van der Waals surface area contributed by atoms with Crippen LogP contribution in [0.2, 0.25) is 0 Å². The van der Waals surface area contributed by atoms with Gasteiger partial charge in [-0.15, -0.1) is 0 Å². The third kappa shape index (κ3) is 7.59.